The molecule has 0 aromatic carbocycles. The Hall–Kier alpha value is -0.120. The minimum Gasteiger partial charge on any atom is -0.412 e. The van der Waals surface area contributed by atoms with Crippen LogP contribution in [-0.4, -0.2) is 23.2 Å². The molecule has 1 unspecified atom stereocenters. The van der Waals surface area contributed by atoms with E-state index < -0.39 is 0 Å². The number of rotatable bonds is 2. The quantitative estimate of drug-likeness (QED) is 0.469. The van der Waals surface area contributed by atoms with Crippen molar-refractivity contribution in [1.29, 1.82) is 0 Å². The van der Waals surface area contributed by atoms with Crippen LogP contribution in [0, 0.1) is 0 Å². The Morgan fingerprint density at radius 1 is 1.71 bits per heavy atom. The molecule has 0 aromatic rings. The molecule has 3 heteroatoms. The second-order valence-electron chi connectivity index (χ2n) is 1.49. The van der Waals surface area contributed by atoms with Gasteiger partial charge in [0.15, 0.2) is 0 Å². The highest BCUT2D eigenvalue weighted by Gasteiger charge is 1.86. The summed E-state index contributed by atoms with van der Waals surface area (Å²) >= 11 is 0. The maximum Gasteiger partial charge on any atom is 0.0445 e. The molecular formula is C4H13NO2. The van der Waals surface area contributed by atoms with Crippen molar-refractivity contribution in [2.24, 2.45) is 5.73 Å². The van der Waals surface area contributed by atoms with Gasteiger partial charge in [-0.15, -0.1) is 0 Å². The molecule has 5 N–H and O–H groups in total. The van der Waals surface area contributed by atoms with Gasteiger partial charge >= 0.3 is 0 Å². The number of hydrogen-bond donors (Lipinski definition) is 2. The minimum absolute atomic E-state index is 0. The standard InChI is InChI=1S/C4H11NO.H2O/c1-4(5)2-3-6;/h4,6H,2-3,5H2,1H3;1H2. The van der Waals surface area contributed by atoms with Crippen LogP contribution >= 0.6 is 0 Å². The third-order valence-corrected chi connectivity index (χ3v) is 0.584. The lowest BCUT2D eigenvalue weighted by Gasteiger charge is -1.96. The highest BCUT2D eigenvalue weighted by Crippen LogP contribution is 1.79. The monoisotopic (exact) mass is 107 g/mol. The van der Waals surface area contributed by atoms with Crippen molar-refractivity contribution in [2.45, 2.75) is 19.4 Å². The molecule has 0 saturated carbocycles. The van der Waals surface area contributed by atoms with Crippen molar-refractivity contribution in [3.63, 3.8) is 0 Å². The first-order valence-corrected chi connectivity index (χ1v) is 2.14. The predicted molar refractivity (Wildman–Crippen MR) is 29.0 cm³/mol. The molecule has 0 radical (unpaired) electrons. The van der Waals surface area contributed by atoms with Crippen molar-refractivity contribution < 1.29 is 10.6 Å². The van der Waals surface area contributed by atoms with Crippen LogP contribution in [0.25, 0.3) is 0 Å². The number of hydrogen-bond acceptors (Lipinski definition) is 2. The van der Waals surface area contributed by atoms with E-state index in [0.717, 1.165) is 0 Å². The van der Waals surface area contributed by atoms with Gasteiger partial charge in [0, 0.05) is 12.6 Å². The number of nitrogens with two attached hydrogens (primary N) is 1. The molecule has 0 aliphatic heterocycles. The van der Waals surface area contributed by atoms with Gasteiger partial charge in [0.05, 0.1) is 0 Å². The van der Waals surface area contributed by atoms with Crippen LogP contribution < -0.4 is 5.73 Å². The lowest BCUT2D eigenvalue weighted by molar-refractivity contribution is 0.279. The summed E-state index contributed by atoms with van der Waals surface area (Å²) in [6.45, 7) is 2.08. The first-order chi connectivity index (χ1) is 2.77. The van der Waals surface area contributed by atoms with E-state index in [1.54, 1.807) is 0 Å². The van der Waals surface area contributed by atoms with E-state index in [0.29, 0.717) is 6.42 Å². The van der Waals surface area contributed by atoms with Gasteiger partial charge in [0.1, 0.15) is 0 Å². The van der Waals surface area contributed by atoms with E-state index in [2.05, 4.69) is 0 Å². The van der Waals surface area contributed by atoms with E-state index in [1.165, 1.54) is 0 Å². The van der Waals surface area contributed by atoms with Gasteiger partial charge < -0.3 is 16.3 Å². The zero-order chi connectivity index (χ0) is 4.99. The molecule has 1 atom stereocenters. The third-order valence-electron chi connectivity index (χ3n) is 0.584. The van der Waals surface area contributed by atoms with Crippen LogP contribution in [0.15, 0.2) is 0 Å². The average molecular weight is 107 g/mol. The van der Waals surface area contributed by atoms with Crippen molar-refractivity contribution in [2.75, 3.05) is 6.61 Å². The third kappa shape index (κ3) is 10.7. The molecule has 0 saturated heterocycles. The van der Waals surface area contributed by atoms with Gasteiger partial charge in [-0.1, -0.05) is 0 Å². The summed E-state index contributed by atoms with van der Waals surface area (Å²) < 4.78 is 0. The average Bonchev–Trinajstić information content (AvgIpc) is 1.35. The molecule has 46 valence electrons. The lowest BCUT2D eigenvalue weighted by Crippen LogP contribution is -2.15. The van der Waals surface area contributed by atoms with Crippen LogP contribution in [0.2, 0.25) is 0 Å². The normalized spacial score (nSPS) is 12.4. The van der Waals surface area contributed by atoms with E-state index in [1.807, 2.05) is 6.92 Å². The van der Waals surface area contributed by atoms with Crippen LogP contribution in [0.1, 0.15) is 13.3 Å². The van der Waals surface area contributed by atoms with Gasteiger partial charge in [0.2, 0.25) is 0 Å². The van der Waals surface area contributed by atoms with Crippen LogP contribution in [0.3, 0.4) is 0 Å². The molecule has 0 bridgehead atoms. The predicted octanol–water partition coefficient (Wildman–Crippen LogP) is -1.11. The molecule has 0 aromatic heterocycles. The summed E-state index contributed by atoms with van der Waals surface area (Å²) in [4.78, 5) is 0. The van der Waals surface area contributed by atoms with E-state index in [4.69, 9.17) is 10.8 Å². The Balaban J connectivity index is 0. The van der Waals surface area contributed by atoms with Crippen molar-refractivity contribution >= 4 is 0 Å². The van der Waals surface area contributed by atoms with Gasteiger partial charge in [-0.25, -0.2) is 0 Å². The first-order valence-electron chi connectivity index (χ1n) is 2.14. The fourth-order valence-electron chi connectivity index (χ4n) is 0.204. The Morgan fingerprint density at radius 2 is 2.14 bits per heavy atom. The van der Waals surface area contributed by atoms with Crippen molar-refractivity contribution in [3.8, 4) is 0 Å². The van der Waals surface area contributed by atoms with Crippen LogP contribution in [0.4, 0.5) is 0 Å². The van der Waals surface area contributed by atoms with Crippen molar-refractivity contribution in [3.05, 3.63) is 0 Å². The smallest absolute Gasteiger partial charge is 0.0445 e. The highest BCUT2D eigenvalue weighted by atomic mass is 16.3. The topological polar surface area (TPSA) is 77.8 Å². The first kappa shape index (κ1) is 9.99. The number of aliphatic hydroxyl groups is 1. The molecule has 0 aliphatic rings. The van der Waals surface area contributed by atoms with E-state index >= 15 is 0 Å². The molecule has 0 rings (SSSR count). The van der Waals surface area contributed by atoms with Gasteiger partial charge in [-0.2, -0.15) is 0 Å². The van der Waals surface area contributed by atoms with E-state index in [9.17, 15) is 0 Å². The van der Waals surface area contributed by atoms with Crippen LogP contribution in [-0.2, 0) is 0 Å². The largest absolute Gasteiger partial charge is 0.412 e. The second kappa shape index (κ2) is 5.88. The Kier molecular flexibility index (Phi) is 8.39. The van der Waals surface area contributed by atoms with E-state index in [-0.39, 0.29) is 18.1 Å². The number of aliphatic hydroxyl groups excluding tert-OH is 1. The van der Waals surface area contributed by atoms with Gasteiger partial charge in [-0.3, -0.25) is 0 Å². The molecule has 3 nitrogen and oxygen atoms in total. The zero-order valence-corrected chi connectivity index (χ0v) is 4.52. The lowest BCUT2D eigenvalue weighted by atomic mass is 10.3. The second-order valence-corrected chi connectivity index (χ2v) is 1.49. The van der Waals surface area contributed by atoms with Crippen LogP contribution in [0.5, 0.6) is 0 Å². The summed E-state index contributed by atoms with van der Waals surface area (Å²) in [5, 5.41) is 8.16. The molecule has 0 aliphatic carbocycles. The Labute approximate surface area is 43.4 Å². The SMILES string of the molecule is CC(N)CCO.O. The Bertz CT molecular complexity index is 30.9. The zero-order valence-electron chi connectivity index (χ0n) is 4.52. The summed E-state index contributed by atoms with van der Waals surface area (Å²) in [7, 11) is 0. The summed E-state index contributed by atoms with van der Waals surface area (Å²) in [5.41, 5.74) is 5.24. The Morgan fingerprint density at radius 3 is 2.14 bits per heavy atom. The fourth-order valence-corrected chi connectivity index (χ4v) is 0.204. The van der Waals surface area contributed by atoms with Crippen molar-refractivity contribution in [1.82, 2.24) is 0 Å². The molecule has 0 heterocycles. The molecule has 0 amide bonds. The summed E-state index contributed by atoms with van der Waals surface area (Å²) in [6, 6.07) is 0.148. The molecular weight excluding hydrogens is 94.0 g/mol. The van der Waals surface area contributed by atoms with Gasteiger partial charge in [-0.05, 0) is 13.3 Å². The maximum absolute atomic E-state index is 8.16. The summed E-state index contributed by atoms with van der Waals surface area (Å²) in [5.74, 6) is 0. The fraction of sp³-hybridized carbons (Fsp3) is 1.00. The summed E-state index contributed by atoms with van der Waals surface area (Å²) in [6.07, 6.45) is 0.708. The minimum atomic E-state index is 0. The highest BCUT2D eigenvalue weighted by molar-refractivity contribution is 4.48. The molecule has 0 spiro atoms. The molecule has 7 heavy (non-hydrogen) atoms. The molecule has 0 fully saturated rings. The maximum atomic E-state index is 8.16. The van der Waals surface area contributed by atoms with Gasteiger partial charge in [0.25, 0.3) is 0 Å².